The number of phenolic OH excluding ortho intramolecular Hbond substituents is 1. The Bertz CT molecular complexity index is 962. The van der Waals surface area contributed by atoms with Crippen LogP contribution >= 0.6 is 23.1 Å². The van der Waals surface area contributed by atoms with Crippen LogP contribution in [0.5, 0.6) is 11.5 Å². The minimum absolute atomic E-state index is 0.108. The number of thioether (sulfide) groups is 1. The number of nitrogens with zero attached hydrogens (tertiary/aromatic N) is 1. The minimum atomic E-state index is -0.111. The van der Waals surface area contributed by atoms with Gasteiger partial charge >= 0.3 is 0 Å². The Morgan fingerprint density at radius 1 is 1.39 bits per heavy atom. The molecule has 1 aromatic carbocycles. The maximum absolute atomic E-state index is 12.6. The lowest BCUT2D eigenvalue weighted by Crippen LogP contribution is -2.11. The predicted molar refractivity (Wildman–Crippen MR) is 92.9 cm³/mol. The highest BCUT2D eigenvalue weighted by Gasteiger charge is 2.21. The van der Waals surface area contributed by atoms with Gasteiger partial charge in [-0.1, -0.05) is 0 Å². The number of benzene rings is 1. The van der Waals surface area contributed by atoms with E-state index in [0.29, 0.717) is 17.1 Å². The lowest BCUT2D eigenvalue weighted by Gasteiger charge is -2.09. The van der Waals surface area contributed by atoms with Crippen molar-refractivity contribution in [2.75, 3.05) is 12.9 Å². The summed E-state index contributed by atoms with van der Waals surface area (Å²) in [5, 5.41) is 10.3. The van der Waals surface area contributed by atoms with Gasteiger partial charge in [-0.25, -0.2) is 4.98 Å². The first-order valence-corrected chi connectivity index (χ1v) is 9.03. The summed E-state index contributed by atoms with van der Waals surface area (Å²) >= 11 is 3.38. The van der Waals surface area contributed by atoms with Crippen LogP contribution < -0.4 is 10.3 Å². The quantitative estimate of drug-likeness (QED) is 0.744. The molecule has 0 saturated carbocycles. The minimum Gasteiger partial charge on any atom is -0.508 e. The van der Waals surface area contributed by atoms with Crippen molar-refractivity contribution in [3.05, 3.63) is 34.1 Å². The van der Waals surface area contributed by atoms with Gasteiger partial charge in [-0.15, -0.1) is 23.1 Å². The number of fused-ring (bicyclic) bond motifs is 3. The Hall–Kier alpha value is -1.99. The molecule has 0 spiro atoms. The lowest BCUT2D eigenvalue weighted by molar-refractivity contribution is 0.409. The number of rotatable bonds is 2. The number of nitrogens with one attached hydrogen (secondary N) is 1. The highest BCUT2D eigenvalue weighted by molar-refractivity contribution is 8.01. The van der Waals surface area contributed by atoms with Crippen molar-refractivity contribution in [2.24, 2.45) is 0 Å². The van der Waals surface area contributed by atoms with Crippen molar-refractivity contribution in [1.29, 1.82) is 0 Å². The number of methoxy groups -OCH3 is 1. The predicted octanol–water partition coefficient (Wildman–Crippen LogP) is 3.40. The normalized spacial score (nSPS) is 14.0. The Morgan fingerprint density at radius 2 is 2.26 bits per heavy atom. The number of hydrogen-bond donors (Lipinski definition) is 2. The number of ether oxygens (including phenoxy) is 1. The molecule has 2 aromatic heterocycles. The zero-order valence-corrected chi connectivity index (χ0v) is 14.0. The molecule has 0 fully saturated rings. The molecule has 7 heteroatoms. The van der Waals surface area contributed by atoms with Gasteiger partial charge in [0.15, 0.2) is 0 Å². The van der Waals surface area contributed by atoms with Crippen LogP contribution in [-0.4, -0.2) is 27.9 Å². The number of thiophene rings is 1. The largest absolute Gasteiger partial charge is 0.508 e. The van der Waals surface area contributed by atoms with Gasteiger partial charge in [0.2, 0.25) is 0 Å². The van der Waals surface area contributed by atoms with Crippen molar-refractivity contribution in [3.63, 3.8) is 0 Å². The molecule has 1 aliphatic rings. The Kier molecular flexibility index (Phi) is 3.54. The third-order valence-electron chi connectivity index (χ3n) is 3.87. The SMILES string of the molecule is COc1cc(O)ccc1-c1nc2sc3c(c2c(=O)[nH]1)CCCS3. The molecular formula is C16H14N2O3S2. The zero-order chi connectivity index (χ0) is 16.0. The fraction of sp³-hybridized carbons (Fsp3) is 0.250. The van der Waals surface area contributed by atoms with Crippen LogP contribution in [0, 0.1) is 0 Å². The second-order valence-electron chi connectivity index (χ2n) is 5.30. The summed E-state index contributed by atoms with van der Waals surface area (Å²) in [6.07, 6.45) is 2.03. The van der Waals surface area contributed by atoms with Gasteiger partial charge in [0.05, 0.1) is 22.3 Å². The van der Waals surface area contributed by atoms with E-state index in [-0.39, 0.29) is 11.3 Å². The van der Waals surface area contributed by atoms with Crippen LogP contribution in [-0.2, 0) is 6.42 Å². The fourth-order valence-corrected chi connectivity index (χ4v) is 5.34. The van der Waals surface area contributed by atoms with E-state index in [2.05, 4.69) is 9.97 Å². The molecule has 4 rings (SSSR count). The summed E-state index contributed by atoms with van der Waals surface area (Å²) in [5.74, 6) is 2.14. The molecule has 2 N–H and O–H groups in total. The topological polar surface area (TPSA) is 75.2 Å². The summed E-state index contributed by atoms with van der Waals surface area (Å²) in [5.41, 5.74) is 1.68. The smallest absolute Gasteiger partial charge is 0.260 e. The molecule has 118 valence electrons. The van der Waals surface area contributed by atoms with E-state index < -0.39 is 0 Å². The fourth-order valence-electron chi connectivity index (χ4n) is 2.80. The Labute approximate surface area is 140 Å². The van der Waals surface area contributed by atoms with Crippen LogP contribution in [0.4, 0.5) is 0 Å². The molecule has 3 heterocycles. The standard InChI is InChI=1S/C16H14N2O3S2/c1-21-11-7-8(19)4-5-9(11)13-17-14(20)12-10-3-2-6-22-16(10)23-15(12)18-13/h4-5,7,19H,2-3,6H2,1H3,(H,17,18,20). The van der Waals surface area contributed by atoms with Crippen LogP contribution in [0.15, 0.2) is 27.2 Å². The number of aryl methyl sites for hydroxylation is 1. The van der Waals surface area contributed by atoms with Gasteiger partial charge < -0.3 is 14.8 Å². The molecule has 0 atom stereocenters. The van der Waals surface area contributed by atoms with E-state index >= 15 is 0 Å². The van der Waals surface area contributed by atoms with E-state index in [1.165, 1.54) is 17.4 Å². The monoisotopic (exact) mass is 346 g/mol. The van der Waals surface area contributed by atoms with Gasteiger partial charge in [-0.05, 0) is 36.3 Å². The number of aromatic nitrogens is 2. The first-order valence-electron chi connectivity index (χ1n) is 7.23. The van der Waals surface area contributed by atoms with E-state index in [0.717, 1.165) is 34.4 Å². The summed E-state index contributed by atoms with van der Waals surface area (Å²) in [6.45, 7) is 0. The molecule has 0 bridgehead atoms. The average molecular weight is 346 g/mol. The second-order valence-corrected chi connectivity index (χ2v) is 7.66. The van der Waals surface area contributed by atoms with Gasteiger partial charge in [0.25, 0.3) is 5.56 Å². The second kappa shape index (κ2) is 5.58. The highest BCUT2D eigenvalue weighted by Crippen LogP contribution is 2.41. The Balaban J connectivity index is 1.94. The van der Waals surface area contributed by atoms with Gasteiger partial charge in [-0.3, -0.25) is 4.79 Å². The van der Waals surface area contributed by atoms with Crippen LogP contribution in [0.25, 0.3) is 21.6 Å². The molecule has 0 unspecified atom stereocenters. The molecule has 3 aromatic rings. The van der Waals surface area contributed by atoms with E-state index in [1.54, 1.807) is 35.2 Å². The molecule has 0 radical (unpaired) electrons. The van der Waals surface area contributed by atoms with E-state index in [1.807, 2.05) is 0 Å². The molecular weight excluding hydrogens is 332 g/mol. The molecule has 1 aliphatic heterocycles. The molecule has 0 saturated heterocycles. The summed E-state index contributed by atoms with van der Waals surface area (Å²) in [6, 6.07) is 4.76. The number of phenols is 1. The highest BCUT2D eigenvalue weighted by atomic mass is 32.2. The number of aromatic amines is 1. The van der Waals surface area contributed by atoms with Crippen molar-refractivity contribution in [1.82, 2.24) is 9.97 Å². The summed E-state index contributed by atoms with van der Waals surface area (Å²) < 4.78 is 6.50. The lowest BCUT2D eigenvalue weighted by atomic mass is 10.1. The van der Waals surface area contributed by atoms with E-state index in [4.69, 9.17) is 4.74 Å². The first kappa shape index (κ1) is 14.6. The molecule has 23 heavy (non-hydrogen) atoms. The number of H-pyrrole nitrogens is 1. The maximum Gasteiger partial charge on any atom is 0.260 e. The molecule has 5 nitrogen and oxygen atoms in total. The van der Waals surface area contributed by atoms with Crippen molar-refractivity contribution in [3.8, 4) is 22.9 Å². The van der Waals surface area contributed by atoms with Crippen LogP contribution in [0.2, 0.25) is 0 Å². The average Bonchev–Trinajstić information content (AvgIpc) is 2.93. The third kappa shape index (κ3) is 2.40. The van der Waals surface area contributed by atoms with E-state index in [9.17, 15) is 9.90 Å². The third-order valence-corrected chi connectivity index (χ3v) is 6.39. The summed E-state index contributed by atoms with van der Waals surface area (Å²) in [4.78, 5) is 20.9. The number of hydrogen-bond acceptors (Lipinski definition) is 6. The van der Waals surface area contributed by atoms with Crippen molar-refractivity contribution in [2.45, 2.75) is 17.1 Å². The summed E-state index contributed by atoms with van der Waals surface area (Å²) in [7, 11) is 1.52. The first-order chi connectivity index (χ1) is 11.2. The number of aromatic hydroxyl groups is 1. The van der Waals surface area contributed by atoms with Crippen LogP contribution in [0.1, 0.15) is 12.0 Å². The van der Waals surface area contributed by atoms with Crippen LogP contribution in [0.3, 0.4) is 0 Å². The van der Waals surface area contributed by atoms with Crippen molar-refractivity contribution >= 4 is 33.3 Å². The molecule has 0 aliphatic carbocycles. The van der Waals surface area contributed by atoms with Gasteiger partial charge in [0, 0.05) is 6.07 Å². The van der Waals surface area contributed by atoms with Crippen molar-refractivity contribution < 1.29 is 9.84 Å². The van der Waals surface area contributed by atoms with Gasteiger partial charge in [0.1, 0.15) is 22.2 Å². The Morgan fingerprint density at radius 3 is 3.09 bits per heavy atom. The zero-order valence-electron chi connectivity index (χ0n) is 12.4. The molecule has 0 amide bonds. The van der Waals surface area contributed by atoms with Gasteiger partial charge in [-0.2, -0.15) is 0 Å². The maximum atomic E-state index is 12.6.